The molecule has 0 fully saturated rings. The van der Waals surface area contributed by atoms with E-state index >= 15 is 0 Å². The van der Waals surface area contributed by atoms with Crippen molar-refractivity contribution in [3.05, 3.63) is 28.7 Å². The molecule has 0 bridgehead atoms. The normalized spacial score (nSPS) is 11.7. The number of anilines is 1. The summed E-state index contributed by atoms with van der Waals surface area (Å²) in [6.07, 6.45) is 1.97. The van der Waals surface area contributed by atoms with Crippen molar-refractivity contribution in [1.82, 2.24) is 4.57 Å². The molecule has 1 aromatic heterocycles. The number of nitrogens with two attached hydrogens (primary N) is 1. The van der Waals surface area contributed by atoms with Gasteiger partial charge in [0.1, 0.15) is 0 Å². The van der Waals surface area contributed by atoms with Crippen LogP contribution in [0.25, 0.3) is 0 Å². The van der Waals surface area contributed by atoms with E-state index in [2.05, 4.69) is 0 Å². The molecule has 1 rings (SSSR count). The fourth-order valence-electron chi connectivity index (χ4n) is 1.48. The van der Waals surface area contributed by atoms with E-state index in [-0.39, 0.29) is 24.5 Å². The number of pyridine rings is 1. The first kappa shape index (κ1) is 11.7. The highest BCUT2D eigenvalue weighted by atomic mass is 16.3. The Balaban J connectivity index is 3.35. The molecule has 0 aliphatic rings. The zero-order valence-corrected chi connectivity index (χ0v) is 8.68. The number of nitrogens with zero attached hydrogens (tertiary/aromatic N) is 1. The molecule has 1 heterocycles. The highest BCUT2D eigenvalue weighted by molar-refractivity contribution is 5.34. The number of aliphatic hydroxyl groups excluding tert-OH is 2. The molecule has 0 spiro atoms. The summed E-state index contributed by atoms with van der Waals surface area (Å²) in [5, 5.41) is 18.6. The zero-order valence-electron chi connectivity index (χ0n) is 8.68. The minimum Gasteiger partial charge on any atom is -0.394 e. The monoisotopic (exact) mass is 212 g/mol. The molecule has 0 atom stereocenters. The molecule has 0 saturated heterocycles. The number of aliphatic hydroxyl groups is 2. The summed E-state index contributed by atoms with van der Waals surface area (Å²) in [4.78, 5) is 11.7. The predicted molar refractivity (Wildman–Crippen MR) is 57.6 cm³/mol. The van der Waals surface area contributed by atoms with E-state index in [0.29, 0.717) is 6.42 Å². The van der Waals surface area contributed by atoms with Gasteiger partial charge in [0.15, 0.2) is 0 Å². The topological polar surface area (TPSA) is 88.5 Å². The molecule has 0 aliphatic heterocycles. The van der Waals surface area contributed by atoms with Gasteiger partial charge in [-0.25, -0.2) is 0 Å². The van der Waals surface area contributed by atoms with E-state index in [1.54, 1.807) is 13.0 Å². The standard InChI is InChI=1S/C10H16N2O3/c1-2-10(6-13,7-14)12-5-3-4-8(11)9(12)15/h3-5,13-14H,2,6-7,11H2,1H3. The number of aromatic nitrogens is 1. The first-order chi connectivity index (χ1) is 7.11. The SMILES string of the molecule is CCC(CO)(CO)n1cccc(N)c1=O. The van der Waals surface area contributed by atoms with Gasteiger partial charge in [-0.15, -0.1) is 0 Å². The van der Waals surface area contributed by atoms with E-state index in [0.717, 1.165) is 0 Å². The van der Waals surface area contributed by atoms with E-state index in [9.17, 15) is 15.0 Å². The Kier molecular flexibility index (Phi) is 3.49. The van der Waals surface area contributed by atoms with Crippen molar-refractivity contribution < 1.29 is 10.2 Å². The molecule has 0 saturated carbocycles. The van der Waals surface area contributed by atoms with Crippen molar-refractivity contribution in [2.24, 2.45) is 0 Å². The van der Waals surface area contributed by atoms with Crippen molar-refractivity contribution in [2.75, 3.05) is 18.9 Å². The van der Waals surface area contributed by atoms with E-state index in [1.807, 2.05) is 0 Å². The molecule has 84 valence electrons. The second kappa shape index (κ2) is 4.46. The van der Waals surface area contributed by atoms with E-state index in [4.69, 9.17) is 5.73 Å². The minimum absolute atomic E-state index is 0.109. The Bertz CT molecular complexity index is 374. The van der Waals surface area contributed by atoms with Crippen LogP contribution in [0.3, 0.4) is 0 Å². The predicted octanol–water partition coefficient (Wildman–Crippen LogP) is -0.480. The van der Waals surface area contributed by atoms with Crippen LogP contribution >= 0.6 is 0 Å². The minimum atomic E-state index is -0.966. The van der Waals surface area contributed by atoms with Gasteiger partial charge in [-0.2, -0.15) is 0 Å². The van der Waals surface area contributed by atoms with Crippen LogP contribution in [0.15, 0.2) is 23.1 Å². The average Bonchev–Trinajstić information content (AvgIpc) is 2.27. The smallest absolute Gasteiger partial charge is 0.274 e. The van der Waals surface area contributed by atoms with Gasteiger partial charge in [0, 0.05) is 6.20 Å². The van der Waals surface area contributed by atoms with Crippen molar-refractivity contribution in [3.8, 4) is 0 Å². The van der Waals surface area contributed by atoms with E-state index < -0.39 is 5.54 Å². The fraction of sp³-hybridized carbons (Fsp3) is 0.500. The molecule has 1 aromatic rings. The maximum atomic E-state index is 11.7. The lowest BCUT2D eigenvalue weighted by Crippen LogP contribution is -2.46. The molecule has 0 unspecified atom stereocenters. The van der Waals surface area contributed by atoms with Gasteiger partial charge in [0.2, 0.25) is 0 Å². The maximum Gasteiger partial charge on any atom is 0.274 e. The van der Waals surface area contributed by atoms with Gasteiger partial charge in [-0.3, -0.25) is 4.79 Å². The number of hydrogen-bond donors (Lipinski definition) is 3. The molecule has 0 aromatic carbocycles. The summed E-state index contributed by atoms with van der Waals surface area (Å²) in [6.45, 7) is 1.19. The molecule has 5 heteroatoms. The quantitative estimate of drug-likeness (QED) is 0.629. The lowest BCUT2D eigenvalue weighted by molar-refractivity contribution is 0.0572. The van der Waals surface area contributed by atoms with Crippen LogP contribution < -0.4 is 11.3 Å². The second-order valence-corrected chi connectivity index (χ2v) is 3.53. The number of nitrogen functional groups attached to an aromatic ring is 1. The fourth-order valence-corrected chi connectivity index (χ4v) is 1.48. The Labute approximate surface area is 87.8 Å². The largest absolute Gasteiger partial charge is 0.394 e. The Morgan fingerprint density at radius 1 is 1.47 bits per heavy atom. The molecule has 0 aliphatic carbocycles. The van der Waals surface area contributed by atoms with Crippen LogP contribution in [0, 0.1) is 0 Å². The Hall–Kier alpha value is -1.33. The van der Waals surface area contributed by atoms with E-state index in [1.165, 1.54) is 16.8 Å². The third-order valence-electron chi connectivity index (χ3n) is 2.73. The molecule has 4 N–H and O–H groups in total. The molecule has 0 amide bonds. The zero-order chi connectivity index (χ0) is 11.5. The molecular weight excluding hydrogens is 196 g/mol. The van der Waals surface area contributed by atoms with Crippen molar-refractivity contribution in [2.45, 2.75) is 18.9 Å². The summed E-state index contributed by atoms with van der Waals surface area (Å²) in [6, 6.07) is 3.11. The third-order valence-corrected chi connectivity index (χ3v) is 2.73. The van der Waals surface area contributed by atoms with Gasteiger partial charge in [-0.1, -0.05) is 6.92 Å². The second-order valence-electron chi connectivity index (χ2n) is 3.53. The van der Waals surface area contributed by atoms with Crippen molar-refractivity contribution in [1.29, 1.82) is 0 Å². The Morgan fingerprint density at radius 2 is 2.07 bits per heavy atom. The van der Waals surface area contributed by atoms with Gasteiger partial charge in [-0.05, 0) is 18.6 Å². The molecule has 5 nitrogen and oxygen atoms in total. The lowest BCUT2D eigenvalue weighted by Gasteiger charge is -2.31. The van der Waals surface area contributed by atoms with Crippen LogP contribution in [-0.2, 0) is 5.54 Å². The third kappa shape index (κ3) is 1.88. The summed E-state index contributed by atoms with van der Waals surface area (Å²) in [7, 11) is 0. The summed E-state index contributed by atoms with van der Waals surface area (Å²) in [5.41, 5.74) is 4.24. The average molecular weight is 212 g/mol. The van der Waals surface area contributed by atoms with Crippen LogP contribution in [0.5, 0.6) is 0 Å². The van der Waals surface area contributed by atoms with Gasteiger partial charge >= 0.3 is 0 Å². The van der Waals surface area contributed by atoms with Crippen LogP contribution in [-0.4, -0.2) is 28.0 Å². The molecule has 15 heavy (non-hydrogen) atoms. The first-order valence-electron chi connectivity index (χ1n) is 4.80. The highest BCUT2D eigenvalue weighted by Crippen LogP contribution is 2.17. The Morgan fingerprint density at radius 3 is 2.53 bits per heavy atom. The van der Waals surface area contributed by atoms with Crippen LogP contribution in [0.4, 0.5) is 5.69 Å². The van der Waals surface area contributed by atoms with Gasteiger partial charge in [0.25, 0.3) is 5.56 Å². The summed E-state index contributed by atoms with van der Waals surface area (Å²) >= 11 is 0. The van der Waals surface area contributed by atoms with Crippen molar-refractivity contribution >= 4 is 5.69 Å². The summed E-state index contributed by atoms with van der Waals surface area (Å²) in [5.74, 6) is 0. The number of hydrogen-bond acceptors (Lipinski definition) is 4. The van der Waals surface area contributed by atoms with Crippen LogP contribution in [0.1, 0.15) is 13.3 Å². The summed E-state index contributed by atoms with van der Waals surface area (Å²) < 4.78 is 1.29. The van der Waals surface area contributed by atoms with Gasteiger partial charge < -0.3 is 20.5 Å². The van der Waals surface area contributed by atoms with Crippen molar-refractivity contribution in [3.63, 3.8) is 0 Å². The first-order valence-corrected chi connectivity index (χ1v) is 4.80. The highest BCUT2D eigenvalue weighted by Gasteiger charge is 2.29. The maximum absolute atomic E-state index is 11.7. The molecule has 0 radical (unpaired) electrons. The van der Waals surface area contributed by atoms with Crippen LogP contribution in [0.2, 0.25) is 0 Å². The lowest BCUT2D eigenvalue weighted by atomic mass is 9.98. The van der Waals surface area contributed by atoms with Gasteiger partial charge in [0.05, 0.1) is 24.4 Å². The number of rotatable bonds is 4. The molecular formula is C10H16N2O3.